The van der Waals surface area contributed by atoms with Gasteiger partial charge < -0.3 is 10.8 Å². The Morgan fingerprint density at radius 1 is 1.50 bits per heavy atom. The molecule has 0 saturated carbocycles. The van der Waals surface area contributed by atoms with Crippen molar-refractivity contribution in [1.29, 1.82) is 0 Å². The van der Waals surface area contributed by atoms with Gasteiger partial charge in [0, 0.05) is 23.4 Å². The summed E-state index contributed by atoms with van der Waals surface area (Å²) in [6, 6.07) is 4.03. The molecule has 0 aromatic carbocycles. The third kappa shape index (κ3) is 1.76. The monoisotopic (exact) mass is 244 g/mol. The highest BCUT2D eigenvalue weighted by Gasteiger charge is 2.30. The van der Waals surface area contributed by atoms with Gasteiger partial charge in [-0.05, 0) is 30.9 Å². The maximum absolute atomic E-state index is 10.5. The summed E-state index contributed by atoms with van der Waals surface area (Å²) in [5.41, 5.74) is 8.66. The molecule has 94 valence electrons. The second-order valence-electron chi connectivity index (χ2n) is 4.73. The lowest BCUT2D eigenvalue weighted by molar-refractivity contribution is 0.134. The van der Waals surface area contributed by atoms with Crippen LogP contribution in [0.5, 0.6) is 0 Å². The third-order valence-electron chi connectivity index (χ3n) is 3.64. The van der Waals surface area contributed by atoms with Crippen LogP contribution in [-0.4, -0.2) is 20.3 Å². The maximum atomic E-state index is 10.5. The van der Waals surface area contributed by atoms with E-state index < -0.39 is 6.10 Å². The summed E-state index contributed by atoms with van der Waals surface area (Å²) >= 11 is 0. The molecule has 0 spiro atoms. The largest absolute Gasteiger partial charge is 0.388 e. The summed E-state index contributed by atoms with van der Waals surface area (Å²) < 4.78 is 0. The fourth-order valence-corrected chi connectivity index (χ4v) is 2.71. The van der Waals surface area contributed by atoms with Crippen molar-refractivity contribution < 1.29 is 5.11 Å². The van der Waals surface area contributed by atoms with Gasteiger partial charge in [0.15, 0.2) is 0 Å². The molecule has 0 aliphatic heterocycles. The summed E-state index contributed by atoms with van der Waals surface area (Å²) in [5.74, 6) is 0.445. The van der Waals surface area contributed by atoms with Crippen LogP contribution in [0.3, 0.4) is 0 Å². The van der Waals surface area contributed by atoms with Gasteiger partial charge in [-0.15, -0.1) is 0 Å². The van der Waals surface area contributed by atoms with Crippen LogP contribution in [0.15, 0.2) is 24.5 Å². The van der Waals surface area contributed by atoms with Crippen molar-refractivity contribution >= 4 is 5.82 Å². The normalized spacial score (nSPS) is 20.4. The second kappa shape index (κ2) is 4.42. The standard InChI is InChI=1S/C13H16N4O/c14-13-10(7-16-17-13)12(18)9-5-1-3-8-4-2-6-15-11(8)9/h2,4,6-7,9,12,18H,1,3,5H2,(H3,14,16,17). The number of nitrogens with two attached hydrogens (primary N) is 1. The Balaban J connectivity index is 1.97. The van der Waals surface area contributed by atoms with Gasteiger partial charge in [0.1, 0.15) is 5.82 Å². The summed E-state index contributed by atoms with van der Waals surface area (Å²) in [7, 11) is 0. The van der Waals surface area contributed by atoms with Crippen molar-refractivity contribution in [3.05, 3.63) is 41.3 Å². The zero-order chi connectivity index (χ0) is 12.5. The van der Waals surface area contributed by atoms with Crippen molar-refractivity contribution in [3.8, 4) is 0 Å². The van der Waals surface area contributed by atoms with Gasteiger partial charge >= 0.3 is 0 Å². The lowest BCUT2D eigenvalue weighted by atomic mass is 9.81. The molecule has 3 rings (SSSR count). The molecule has 2 aromatic rings. The van der Waals surface area contributed by atoms with Gasteiger partial charge in [-0.1, -0.05) is 6.07 Å². The fourth-order valence-electron chi connectivity index (χ4n) is 2.71. The molecule has 4 N–H and O–H groups in total. The molecule has 18 heavy (non-hydrogen) atoms. The van der Waals surface area contributed by atoms with Crippen LogP contribution in [-0.2, 0) is 6.42 Å². The van der Waals surface area contributed by atoms with E-state index in [1.165, 1.54) is 5.56 Å². The minimum atomic E-state index is -0.641. The van der Waals surface area contributed by atoms with E-state index in [9.17, 15) is 5.11 Å². The number of aromatic nitrogens is 3. The number of nitrogens with one attached hydrogen (secondary N) is 1. The predicted molar refractivity (Wildman–Crippen MR) is 67.9 cm³/mol. The number of nitrogen functional groups attached to an aromatic ring is 1. The number of H-pyrrole nitrogens is 1. The first-order valence-corrected chi connectivity index (χ1v) is 6.18. The Hall–Kier alpha value is -1.88. The predicted octanol–water partition coefficient (Wildman–Crippen LogP) is 1.54. The highest BCUT2D eigenvalue weighted by Crippen LogP contribution is 2.39. The second-order valence-corrected chi connectivity index (χ2v) is 4.73. The van der Waals surface area contributed by atoms with Crippen molar-refractivity contribution in [2.75, 3.05) is 5.73 Å². The Morgan fingerprint density at radius 3 is 3.17 bits per heavy atom. The number of aromatic amines is 1. The first-order chi connectivity index (χ1) is 8.77. The van der Waals surface area contributed by atoms with E-state index in [2.05, 4.69) is 21.2 Å². The number of rotatable bonds is 2. The Labute approximate surface area is 105 Å². The summed E-state index contributed by atoms with van der Waals surface area (Å²) in [6.07, 6.45) is 5.76. The van der Waals surface area contributed by atoms with Crippen molar-refractivity contribution in [1.82, 2.24) is 15.2 Å². The summed E-state index contributed by atoms with van der Waals surface area (Å²) in [5, 5.41) is 17.0. The number of fused-ring (bicyclic) bond motifs is 1. The number of hydrogen-bond acceptors (Lipinski definition) is 4. The third-order valence-corrected chi connectivity index (χ3v) is 3.64. The van der Waals surface area contributed by atoms with Crippen molar-refractivity contribution in [3.63, 3.8) is 0 Å². The molecule has 5 heteroatoms. The van der Waals surface area contributed by atoms with E-state index >= 15 is 0 Å². The van der Waals surface area contributed by atoms with E-state index in [0.29, 0.717) is 11.4 Å². The smallest absolute Gasteiger partial charge is 0.124 e. The van der Waals surface area contributed by atoms with Gasteiger partial charge in [-0.2, -0.15) is 5.10 Å². The van der Waals surface area contributed by atoms with Crippen LogP contribution in [0.25, 0.3) is 0 Å². The van der Waals surface area contributed by atoms with E-state index in [1.807, 2.05) is 6.07 Å². The minimum Gasteiger partial charge on any atom is -0.388 e. The van der Waals surface area contributed by atoms with Gasteiger partial charge in [-0.25, -0.2) is 0 Å². The summed E-state index contributed by atoms with van der Waals surface area (Å²) in [4.78, 5) is 4.43. The molecule has 0 radical (unpaired) electrons. The number of aryl methyl sites for hydroxylation is 1. The highest BCUT2D eigenvalue weighted by molar-refractivity contribution is 5.41. The molecular formula is C13H16N4O. The molecule has 1 aliphatic rings. The average Bonchev–Trinajstić information content (AvgIpc) is 2.83. The Kier molecular flexibility index (Phi) is 2.76. The first-order valence-electron chi connectivity index (χ1n) is 6.18. The Morgan fingerprint density at radius 2 is 2.39 bits per heavy atom. The van der Waals surface area contributed by atoms with Gasteiger partial charge in [0.2, 0.25) is 0 Å². The van der Waals surface area contributed by atoms with Crippen molar-refractivity contribution in [2.24, 2.45) is 0 Å². The van der Waals surface area contributed by atoms with Gasteiger partial charge in [0.05, 0.1) is 12.3 Å². The summed E-state index contributed by atoms with van der Waals surface area (Å²) in [6.45, 7) is 0. The molecule has 0 bridgehead atoms. The number of anilines is 1. The van der Waals surface area contributed by atoms with E-state index in [4.69, 9.17) is 5.73 Å². The highest BCUT2D eigenvalue weighted by atomic mass is 16.3. The molecule has 2 heterocycles. The van der Waals surface area contributed by atoms with Crippen LogP contribution in [0.2, 0.25) is 0 Å². The molecule has 2 unspecified atom stereocenters. The quantitative estimate of drug-likeness (QED) is 0.747. The van der Waals surface area contributed by atoms with E-state index in [1.54, 1.807) is 12.4 Å². The van der Waals surface area contributed by atoms with Crippen LogP contribution in [0.4, 0.5) is 5.82 Å². The number of nitrogens with zero attached hydrogens (tertiary/aromatic N) is 2. The van der Waals surface area contributed by atoms with Crippen LogP contribution in [0, 0.1) is 0 Å². The molecule has 2 aromatic heterocycles. The molecule has 0 saturated heterocycles. The van der Waals surface area contributed by atoms with Gasteiger partial charge in [-0.3, -0.25) is 10.1 Å². The van der Waals surface area contributed by atoms with Crippen molar-refractivity contribution in [2.45, 2.75) is 31.3 Å². The van der Waals surface area contributed by atoms with E-state index in [0.717, 1.165) is 25.0 Å². The number of pyridine rings is 1. The van der Waals surface area contributed by atoms with Crippen LogP contribution >= 0.6 is 0 Å². The number of aliphatic hydroxyl groups excluding tert-OH is 1. The van der Waals surface area contributed by atoms with Crippen LogP contribution in [0.1, 0.15) is 41.7 Å². The first kappa shape index (κ1) is 11.2. The molecule has 2 atom stereocenters. The lowest BCUT2D eigenvalue weighted by Crippen LogP contribution is -2.19. The SMILES string of the molecule is Nc1[nH]ncc1C(O)C1CCCc2cccnc21. The van der Waals surface area contributed by atoms with E-state index in [-0.39, 0.29) is 5.92 Å². The number of aliphatic hydroxyl groups is 1. The molecule has 5 nitrogen and oxygen atoms in total. The topological polar surface area (TPSA) is 87.8 Å². The average molecular weight is 244 g/mol. The fraction of sp³-hybridized carbons (Fsp3) is 0.385. The number of hydrogen-bond donors (Lipinski definition) is 3. The Bertz CT molecular complexity index is 551. The lowest BCUT2D eigenvalue weighted by Gasteiger charge is -2.28. The van der Waals surface area contributed by atoms with Gasteiger partial charge in [0.25, 0.3) is 0 Å². The molecule has 0 amide bonds. The zero-order valence-electron chi connectivity index (χ0n) is 10.0. The molecule has 1 aliphatic carbocycles. The maximum Gasteiger partial charge on any atom is 0.124 e. The zero-order valence-corrected chi connectivity index (χ0v) is 10.0. The molecular weight excluding hydrogens is 228 g/mol. The van der Waals surface area contributed by atoms with Crippen LogP contribution < -0.4 is 5.73 Å². The minimum absolute atomic E-state index is 0.00912. The molecule has 0 fully saturated rings.